The predicted octanol–water partition coefficient (Wildman–Crippen LogP) is 3.69. The van der Waals surface area contributed by atoms with Crippen LogP contribution in [0.1, 0.15) is 34.3 Å². The number of hydrogen-bond donors (Lipinski definition) is 2. The molecule has 154 valence electrons. The molecule has 2 bridgehead atoms. The lowest BCUT2D eigenvalue weighted by atomic mass is 9.79. The summed E-state index contributed by atoms with van der Waals surface area (Å²) < 4.78 is 5.42. The minimum absolute atomic E-state index is 0.00832. The molecule has 30 heavy (non-hydrogen) atoms. The molecule has 1 saturated heterocycles. The lowest BCUT2D eigenvalue weighted by Crippen LogP contribution is -2.35. The van der Waals surface area contributed by atoms with Crippen molar-refractivity contribution in [3.63, 3.8) is 0 Å². The van der Waals surface area contributed by atoms with E-state index in [1.54, 1.807) is 24.3 Å². The SMILES string of the molecule is Cc1ccc(NC(=O)c2cccc(NC(=O)[C@@H]3[C@@H]4C[C@@H]5[C@H]3C(=O)O[C@H]5C4)c2)cc1C. The first-order valence-corrected chi connectivity index (χ1v) is 10.4. The number of rotatable bonds is 4. The van der Waals surface area contributed by atoms with Crippen molar-refractivity contribution in [2.24, 2.45) is 23.7 Å². The number of carbonyl (C=O) groups excluding carboxylic acids is 3. The monoisotopic (exact) mass is 404 g/mol. The van der Waals surface area contributed by atoms with Gasteiger partial charge in [0.1, 0.15) is 6.10 Å². The molecule has 2 N–H and O–H groups in total. The molecule has 2 amide bonds. The Morgan fingerprint density at radius 3 is 2.57 bits per heavy atom. The maximum atomic E-state index is 13.0. The summed E-state index contributed by atoms with van der Waals surface area (Å²) in [4.78, 5) is 37.8. The molecule has 3 aliphatic rings. The Kier molecular flexibility index (Phi) is 4.38. The molecule has 0 radical (unpaired) electrons. The van der Waals surface area contributed by atoms with Crippen LogP contribution in [-0.2, 0) is 14.3 Å². The molecule has 0 aromatic heterocycles. The third kappa shape index (κ3) is 3.07. The van der Waals surface area contributed by atoms with E-state index in [1.807, 2.05) is 32.0 Å². The van der Waals surface area contributed by atoms with Crippen LogP contribution in [0.25, 0.3) is 0 Å². The van der Waals surface area contributed by atoms with Gasteiger partial charge in [-0.25, -0.2) is 0 Å². The molecule has 2 saturated carbocycles. The van der Waals surface area contributed by atoms with E-state index in [9.17, 15) is 14.4 Å². The Hall–Kier alpha value is -3.15. The highest BCUT2D eigenvalue weighted by Gasteiger charge is 2.63. The quantitative estimate of drug-likeness (QED) is 0.761. The molecule has 5 atom stereocenters. The van der Waals surface area contributed by atoms with Crippen LogP contribution < -0.4 is 10.6 Å². The van der Waals surface area contributed by atoms with Crippen molar-refractivity contribution in [3.05, 3.63) is 59.2 Å². The van der Waals surface area contributed by atoms with Gasteiger partial charge in [-0.3, -0.25) is 14.4 Å². The van der Waals surface area contributed by atoms with Crippen LogP contribution in [0.5, 0.6) is 0 Å². The van der Waals surface area contributed by atoms with E-state index in [2.05, 4.69) is 10.6 Å². The summed E-state index contributed by atoms with van der Waals surface area (Å²) in [6.07, 6.45) is 1.68. The van der Waals surface area contributed by atoms with E-state index in [0.29, 0.717) is 11.3 Å². The van der Waals surface area contributed by atoms with E-state index in [4.69, 9.17) is 4.74 Å². The summed E-state index contributed by atoms with van der Waals surface area (Å²) in [6.45, 7) is 4.02. The molecule has 1 heterocycles. The highest BCUT2D eigenvalue weighted by Crippen LogP contribution is 2.57. The van der Waals surface area contributed by atoms with Crippen LogP contribution in [0.15, 0.2) is 42.5 Å². The minimum Gasteiger partial charge on any atom is -0.462 e. The zero-order valence-electron chi connectivity index (χ0n) is 17.0. The third-order valence-electron chi connectivity index (χ3n) is 6.94. The molecule has 0 unspecified atom stereocenters. The number of aryl methyl sites for hydroxylation is 2. The van der Waals surface area contributed by atoms with Gasteiger partial charge in [0.05, 0.1) is 11.8 Å². The Bertz CT molecular complexity index is 1060. The van der Waals surface area contributed by atoms with Gasteiger partial charge < -0.3 is 15.4 Å². The van der Waals surface area contributed by atoms with Crippen molar-refractivity contribution in [1.82, 2.24) is 0 Å². The normalized spacial score (nSPS) is 28.3. The van der Waals surface area contributed by atoms with E-state index >= 15 is 0 Å². The average molecular weight is 404 g/mol. The second-order valence-electron chi connectivity index (χ2n) is 8.75. The fourth-order valence-electron chi connectivity index (χ4n) is 5.35. The van der Waals surface area contributed by atoms with Gasteiger partial charge in [0.25, 0.3) is 5.91 Å². The third-order valence-corrected chi connectivity index (χ3v) is 6.94. The molecule has 1 aliphatic heterocycles. The maximum Gasteiger partial charge on any atom is 0.310 e. The minimum atomic E-state index is -0.339. The molecule has 2 aromatic rings. The molecule has 2 aromatic carbocycles. The number of anilines is 2. The maximum absolute atomic E-state index is 13.0. The highest BCUT2D eigenvalue weighted by molar-refractivity contribution is 6.05. The van der Waals surface area contributed by atoms with Gasteiger partial charge in [-0.2, -0.15) is 0 Å². The second-order valence-corrected chi connectivity index (χ2v) is 8.75. The lowest BCUT2D eigenvalue weighted by molar-refractivity contribution is -0.145. The Labute approximate surface area is 175 Å². The van der Waals surface area contributed by atoms with E-state index in [0.717, 1.165) is 29.7 Å². The number of ether oxygens (including phenoxy) is 1. The smallest absolute Gasteiger partial charge is 0.310 e. The molecule has 3 fully saturated rings. The first-order chi connectivity index (χ1) is 14.4. The van der Waals surface area contributed by atoms with Crippen LogP contribution in [0.4, 0.5) is 11.4 Å². The van der Waals surface area contributed by atoms with E-state index in [1.165, 1.54) is 0 Å². The standard InChI is InChI=1S/C24H24N2O4/c1-12-6-7-17(8-13(12)2)25-22(27)14-4-3-5-16(9-14)26-23(28)20-15-10-18-19(11-15)30-24(29)21(18)20/h3-9,15,18-21H,10-11H2,1-2H3,(H,25,27)(H,26,28)/t15-,18+,19+,20-,21-/m1/s1. The molecular formula is C24H24N2O4. The van der Waals surface area contributed by atoms with Gasteiger partial charge in [-0.15, -0.1) is 0 Å². The molecular weight excluding hydrogens is 380 g/mol. The first kappa shape index (κ1) is 18.9. The summed E-state index contributed by atoms with van der Waals surface area (Å²) in [7, 11) is 0. The van der Waals surface area contributed by atoms with Gasteiger partial charge in [-0.05, 0) is 74.1 Å². The molecule has 6 nitrogen and oxygen atoms in total. The number of carbonyl (C=O) groups is 3. The van der Waals surface area contributed by atoms with Gasteiger partial charge in [0.2, 0.25) is 5.91 Å². The number of nitrogens with one attached hydrogen (secondary N) is 2. The number of benzene rings is 2. The van der Waals surface area contributed by atoms with E-state index < -0.39 is 0 Å². The number of esters is 1. The van der Waals surface area contributed by atoms with Crippen LogP contribution in [0, 0.1) is 37.5 Å². The summed E-state index contributed by atoms with van der Waals surface area (Å²) in [5, 5.41) is 5.82. The van der Waals surface area contributed by atoms with Crippen LogP contribution in [-0.4, -0.2) is 23.9 Å². The van der Waals surface area contributed by atoms with Gasteiger partial charge in [0, 0.05) is 22.9 Å². The van der Waals surface area contributed by atoms with Crippen molar-refractivity contribution < 1.29 is 19.1 Å². The van der Waals surface area contributed by atoms with Crippen LogP contribution in [0.2, 0.25) is 0 Å². The summed E-state index contributed by atoms with van der Waals surface area (Å²) in [5.74, 6) is -0.889. The van der Waals surface area contributed by atoms with Crippen molar-refractivity contribution in [1.29, 1.82) is 0 Å². The van der Waals surface area contributed by atoms with Crippen molar-refractivity contribution in [3.8, 4) is 0 Å². The average Bonchev–Trinajstić information content (AvgIpc) is 3.33. The largest absolute Gasteiger partial charge is 0.462 e. The molecule has 5 rings (SSSR count). The van der Waals surface area contributed by atoms with Gasteiger partial charge >= 0.3 is 5.97 Å². The number of hydrogen-bond acceptors (Lipinski definition) is 4. The zero-order valence-corrected chi connectivity index (χ0v) is 17.0. The second kappa shape index (κ2) is 6.97. The Morgan fingerprint density at radius 1 is 0.967 bits per heavy atom. The Morgan fingerprint density at radius 2 is 1.77 bits per heavy atom. The lowest BCUT2D eigenvalue weighted by Gasteiger charge is -2.23. The molecule has 0 spiro atoms. The van der Waals surface area contributed by atoms with Crippen molar-refractivity contribution >= 4 is 29.2 Å². The van der Waals surface area contributed by atoms with Crippen LogP contribution >= 0.6 is 0 Å². The summed E-state index contributed by atoms with van der Waals surface area (Å²) in [5.41, 5.74) is 4.01. The van der Waals surface area contributed by atoms with Gasteiger partial charge in [0.15, 0.2) is 0 Å². The fraction of sp³-hybridized carbons (Fsp3) is 0.375. The van der Waals surface area contributed by atoms with Gasteiger partial charge in [-0.1, -0.05) is 12.1 Å². The molecule has 2 aliphatic carbocycles. The number of fused-ring (bicyclic) bond motifs is 1. The predicted molar refractivity (Wildman–Crippen MR) is 112 cm³/mol. The van der Waals surface area contributed by atoms with E-state index in [-0.39, 0.29) is 47.6 Å². The molecule has 6 heteroatoms. The van der Waals surface area contributed by atoms with Crippen LogP contribution in [0.3, 0.4) is 0 Å². The first-order valence-electron chi connectivity index (χ1n) is 10.4. The van der Waals surface area contributed by atoms with Crippen molar-refractivity contribution in [2.45, 2.75) is 32.8 Å². The summed E-state index contributed by atoms with van der Waals surface area (Å²) >= 11 is 0. The topological polar surface area (TPSA) is 84.5 Å². The number of amides is 2. The highest BCUT2D eigenvalue weighted by atomic mass is 16.6. The fourth-order valence-corrected chi connectivity index (χ4v) is 5.35. The Balaban J connectivity index is 1.29. The summed E-state index contributed by atoms with van der Waals surface area (Å²) in [6, 6.07) is 12.6. The zero-order chi connectivity index (χ0) is 21.0. The van der Waals surface area contributed by atoms with Crippen molar-refractivity contribution in [2.75, 3.05) is 10.6 Å².